The molecule has 2 saturated heterocycles. The van der Waals surface area contributed by atoms with E-state index < -0.39 is 0 Å². The first-order valence-corrected chi connectivity index (χ1v) is 11.1. The Bertz CT molecular complexity index is 1140. The van der Waals surface area contributed by atoms with Gasteiger partial charge in [0.15, 0.2) is 6.23 Å². The van der Waals surface area contributed by atoms with Gasteiger partial charge in [-0.2, -0.15) is 5.10 Å². The topological polar surface area (TPSA) is 65.8 Å². The lowest BCUT2D eigenvalue weighted by molar-refractivity contribution is -0.0365. The van der Waals surface area contributed by atoms with Crippen molar-refractivity contribution < 1.29 is 19.0 Å². The van der Waals surface area contributed by atoms with Crippen molar-refractivity contribution in [1.82, 2.24) is 14.7 Å². The van der Waals surface area contributed by atoms with Crippen LogP contribution in [0.5, 0.6) is 5.75 Å². The fourth-order valence-corrected chi connectivity index (χ4v) is 4.76. The van der Waals surface area contributed by atoms with Crippen molar-refractivity contribution in [2.75, 3.05) is 26.3 Å². The lowest BCUT2D eigenvalue weighted by Gasteiger charge is -2.23. The van der Waals surface area contributed by atoms with Gasteiger partial charge in [0.25, 0.3) is 0 Å². The third-order valence-electron chi connectivity index (χ3n) is 6.37. The Morgan fingerprint density at radius 1 is 1.03 bits per heavy atom. The van der Waals surface area contributed by atoms with E-state index in [0.717, 1.165) is 65.8 Å². The number of aromatic nitrogens is 2. The van der Waals surface area contributed by atoms with Crippen LogP contribution in [0.1, 0.15) is 43.6 Å². The van der Waals surface area contributed by atoms with Gasteiger partial charge in [0, 0.05) is 24.1 Å². The second kappa shape index (κ2) is 7.57. The highest BCUT2D eigenvalue weighted by atomic mass is 16.6. The number of hydrogen-bond donors (Lipinski definition) is 0. The molecule has 0 spiro atoms. The van der Waals surface area contributed by atoms with Gasteiger partial charge in [0.1, 0.15) is 17.5 Å². The average Bonchev–Trinajstić information content (AvgIpc) is 3.37. The molecule has 2 unspecified atom stereocenters. The van der Waals surface area contributed by atoms with E-state index in [2.05, 4.69) is 24.3 Å². The second-order valence-electron chi connectivity index (χ2n) is 8.44. The number of rotatable bonds is 1. The molecular formula is C24H25N3O4. The largest absolute Gasteiger partial charge is 0.494 e. The summed E-state index contributed by atoms with van der Waals surface area (Å²) in [6, 6.07) is 14.3. The standard InChI is InChI=1S/C24H25N3O4/c28-24-26-10-4-12-29-18-8-9-20-19(14-18)23(25-27(20)22-7-1-2-11-30-22)17-6-3-5-16(13-17)21(15-26)31-24/h3,5-6,8-9,13-14,21-22H,1-2,4,7,10-12,15H2. The molecule has 31 heavy (non-hydrogen) atoms. The monoisotopic (exact) mass is 419 g/mol. The average molecular weight is 419 g/mol. The van der Waals surface area contributed by atoms with E-state index in [1.165, 1.54) is 0 Å². The summed E-state index contributed by atoms with van der Waals surface area (Å²) < 4.78 is 19.7. The van der Waals surface area contributed by atoms with Gasteiger partial charge in [-0.3, -0.25) is 0 Å². The molecule has 6 rings (SSSR count). The summed E-state index contributed by atoms with van der Waals surface area (Å²) in [5.41, 5.74) is 3.94. The highest BCUT2D eigenvalue weighted by Crippen LogP contribution is 2.36. The van der Waals surface area contributed by atoms with Crippen molar-refractivity contribution in [3.63, 3.8) is 0 Å². The number of carbonyl (C=O) groups is 1. The maximum atomic E-state index is 12.3. The zero-order chi connectivity index (χ0) is 20.8. The molecule has 0 aliphatic carbocycles. The molecule has 1 aromatic heterocycles. The van der Waals surface area contributed by atoms with Crippen molar-refractivity contribution >= 4 is 17.0 Å². The third-order valence-corrected chi connectivity index (χ3v) is 6.37. The highest BCUT2D eigenvalue weighted by molar-refractivity contribution is 5.94. The van der Waals surface area contributed by atoms with Crippen LogP contribution in [0.3, 0.4) is 0 Å². The third kappa shape index (κ3) is 3.33. The fraction of sp³-hybridized carbons (Fsp3) is 0.417. The molecule has 2 fully saturated rings. The minimum absolute atomic E-state index is 0.0496. The molecule has 4 heterocycles. The maximum Gasteiger partial charge on any atom is 0.410 e. The molecule has 6 bridgehead atoms. The summed E-state index contributed by atoms with van der Waals surface area (Å²) in [4.78, 5) is 14.1. The minimum atomic E-state index is -0.262. The van der Waals surface area contributed by atoms with E-state index in [1.54, 1.807) is 4.90 Å². The molecule has 0 N–H and O–H groups in total. The van der Waals surface area contributed by atoms with Gasteiger partial charge >= 0.3 is 6.09 Å². The van der Waals surface area contributed by atoms with Crippen LogP contribution in [0.25, 0.3) is 22.2 Å². The van der Waals surface area contributed by atoms with Crippen LogP contribution >= 0.6 is 0 Å². The number of amides is 1. The Morgan fingerprint density at radius 2 is 2.00 bits per heavy atom. The number of carbonyl (C=O) groups excluding carboxylic acids is 1. The molecule has 0 saturated carbocycles. The SMILES string of the molecule is O=C1OC2CN1CCCOc1ccc3c(c1)c(nn3C1CCCCO1)-c1cccc2c1. The zero-order valence-corrected chi connectivity index (χ0v) is 17.3. The first-order valence-electron chi connectivity index (χ1n) is 11.1. The summed E-state index contributed by atoms with van der Waals surface area (Å²) in [6.45, 7) is 2.49. The van der Waals surface area contributed by atoms with Crippen LogP contribution in [0.15, 0.2) is 42.5 Å². The minimum Gasteiger partial charge on any atom is -0.494 e. The Kier molecular flexibility index (Phi) is 4.56. The molecule has 2 atom stereocenters. The van der Waals surface area contributed by atoms with Crippen LogP contribution < -0.4 is 4.74 Å². The van der Waals surface area contributed by atoms with Gasteiger partial charge in [-0.25, -0.2) is 9.48 Å². The normalized spacial score (nSPS) is 23.5. The molecule has 3 aromatic rings. The van der Waals surface area contributed by atoms with E-state index in [-0.39, 0.29) is 18.4 Å². The Morgan fingerprint density at radius 3 is 2.90 bits per heavy atom. The lowest BCUT2D eigenvalue weighted by Crippen LogP contribution is -2.26. The predicted molar refractivity (Wildman–Crippen MR) is 115 cm³/mol. The zero-order valence-electron chi connectivity index (χ0n) is 17.3. The predicted octanol–water partition coefficient (Wildman–Crippen LogP) is 4.68. The molecule has 1 amide bonds. The number of benzene rings is 2. The van der Waals surface area contributed by atoms with Crippen LogP contribution in [0.4, 0.5) is 4.79 Å². The Hall–Kier alpha value is -3.06. The molecule has 160 valence electrons. The Labute approximate surface area is 180 Å². The molecule has 3 aliphatic heterocycles. The number of hydrogen-bond acceptors (Lipinski definition) is 5. The summed E-state index contributed by atoms with van der Waals surface area (Å²) in [5, 5.41) is 6.06. The molecular weight excluding hydrogens is 394 g/mol. The maximum absolute atomic E-state index is 12.3. The number of ether oxygens (including phenoxy) is 3. The van der Waals surface area contributed by atoms with E-state index in [4.69, 9.17) is 19.3 Å². The Balaban J connectivity index is 1.50. The van der Waals surface area contributed by atoms with E-state index >= 15 is 0 Å². The summed E-state index contributed by atoms with van der Waals surface area (Å²) in [6.07, 6.45) is 3.38. The van der Waals surface area contributed by atoms with Crippen molar-refractivity contribution in [2.24, 2.45) is 0 Å². The summed E-state index contributed by atoms with van der Waals surface area (Å²) in [5.74, 6) is 0.813. The van der Waals surface area contributed by atoms with Gasteiger partial charge in [-0.15, -0.1) is 0 Å². The van der Waals surface area contributed by atoms with Crippen molar-refractivity contribution in [3.05, 3.63) is 48.0 Å². The second-order valence-corrected chi connectivity index (χ2v) is 8.44. The fourth-order valence-electron chi connectivity index (χ4n) is 4.76. The van der Waals surface area contributed by atoms with Crippen LogP contribution in [-0.4, -0.2) is 47.1 Å². The molecule has 0 radical (unpaired) electrons. The van der Waals surface area contributed by atoms with Crippen LogP contribution in [-0.2, 0) is 9.47 Å². The summed E-state index contributed by atoms with van der Waals surface area (Å²) >= 11 is 0. The smallest absolute Gasteiger partial charge is 0.410 e. The number of nitrogens with zero attached hydrogens (tertiary/aromatic N) is 3. The van der Waals surface area contributed by atoms with Gasteiger partial charge in [0.2, 0.25) is 0 Å². The van der Waals surface area contributed by atoms with Crippen molar-refractivity contribution in [2.45, 2.75) is 38.0 Å². The first-order chi connectivity index (χ1) is 15.3. The van der Waals surface area contributed by atoms with E-state index in [1.807, 2.05) is 22.9 Å². The van der Waals surface area contributed by atoms with E-state index in [9.17, 15) is 4.79 Å². The molecule has 3 aliphatic rings. The highest BCUT2D eigenvalue weighted by Gasteiger charge is 2.32. The van der Waals surface area contributed by atoms with Gasteiger partial charge in [-0.05, 0) is 55.5 Å². The van der Waals surface area contributed by atoms with Gasteiger partial charge in [0.05, 0.1) is 18.7 Å². The van der Waals surface area contributed by atoms with Crippen molar-refractivity contribution in [1.29, 1.82) is 0 Å². The van der Waals surface area contributed by atoms with Gasteiger partial charge in [-0.1, -0.05) is 18.2 Å². The van der Waals surface area contributed by atoms with Crippen LogP contribution in [0, 0.1) is 0 Å². The van der Waals surface area contributed by atoms with Gasteiger partial charge < -0.3 is 19.1 Å². The first kappa shape index (κ1) is 18.7. The molecule has 7 nitrogen and oxygen atoms in total. The lowest BCUT2D eigenvalue weighted by atomic mass is 10.0. The van der Waals surface area contributed by atoms with Crippen molar-refractivity contribution in [3.8, 4) is 17.0 Å². The molecule has 7 heteroatoms. The summed E-state index contributed by atoms with van der Waals surface area (Å²) in [7, 11) is 0. The van der Waals surface area contributed by atoms with E-state index in [0.29, 0.717) is 19.7 Å². The number of fused-ring (bicyclic) bond motifs is 7. The van der Waals surface area contributed by atoms with Crippen LogP contribution in [0.2, 0.25) is 0 Å². The molecule has 2 aromatic carbocycles. The quantitative estimate of drug-likeness (QED) is 0.573.